The summed E-state index contributed by atoms with van der Waals surface area (Å²) in [7, 11) is -1.38. The fourth-order valence-electron chi connectivity index (χ4n) is 1.21. The second-order valence-corrected chi connectivity index (χ2v) is 6.69. The standard InChI is InChI=1S/C6H14OP/c1-6-4-3-5-8(6,2)7/h6-7H,3-5H2,1-2H3/q+1. The fourth-order valence-corrected chi connectivity index (χ4v) is 3.21. The number of rotatable bonds is 0. The minimum atomic E-state index is -1.38. The summed E-state index contributed by atoms with van der Waals surface area (Å²) in [5, 5.41) is 0. The monoisotopic (exact) mass is 133 g/mol. The van der Waals surface area contributed by atoms with Gasteiger partial charge in [0.15, 0.2) is 0 Å². The van der Waals surface area contributed by atoms with Crippen LogP contribution in [0.1, 0.15) is 19.8 Å². The highest BCUT2D eigenvalue weighted by molar-refractivity contribution is 7.70. The molecule has 1 heterocycles. The van der Waals surface area contributed by atoms with Crippen molar-refractivity contribution >= 4 is 7.49 Å². The van der Waals surface area contributed by atoms with E-state index in [9.17, 15) is 4.89 Å². The zero-order chi connectivity index (χ0) is 6.20. The highest BCUT2D eigenvalue weighted by Gasteiger charge is 2.41. The first-order valence-corrected chi connectivity index (χ1v) is 5.65. The van der Waals surface area contributed by atoms with E-state index in [2.05, 4.69) is 6.92 Å². The molecule has 0 aliphatic carbocycles. The van der Waals surface area contributed by atoms with Gasteiger partial charge in [-0.25, -0.2) is 0 Å². The van der Waals surface area contributed by atoms with Crippen LogP contribution in [0.25, 0.3) is 0 Å². The Labute approximate surface area is 51.5 Å². The third kappa shape index (κ3) is 1.04. The van der Waals surface area contributed by atoms with Gasteiger partial charge in [-0.1, -0.05) is 0 Å². The van der Waals surface area contributed by atoms with Crippen molar-refractivity contribution < 1.29 is 4.89 Å². The third-order valence-corrected chi connectivity index (χ3v) is 5.56. The minimum absolute atomic E-state index is 0.627. The van der Waals surface area contributed by atoms with Gasteiger partial charge in [0.05, 0.1) is 18.5 Å². The lowest BCUT2D eigenvalue weighted by atomic mass is 10.3. The lowest BCUT2D eigenvalue weighted by Gasteiger charge is -2.11. The highest BCUT2D eigenvalue weighted by atomic mass is 31.2. The van der Waals surface area contributed by atoms with Crippen LogP contribution in [0, 0.1) is 0 Å². The van der Waals surface area contributed by atoms with E-state index in [1.807, 2.05) is 6.66 Å². The molecule has 0 aromatic carbocycles. The molecular weight excluding hydrogens is 119 g/mol. The summed E-state index contributed by atoms with van der Waals surface area (Å²) in [6, 6.07) is 0. The molecule has 0 spiro atoms. The van der Waals surface area contributed by atoms with Crippen LogP contribution in [-0.2, 0) is 0 Å². The van der Waals surface area contributed by atoms with E-state index in [-0.39, 0.29) is 0 Å². The first kappa shape index (κ1) is 6.51. The Bertz CT molecular complexity index is 90.5. The highest BCUT2D eigenvalue weighted by Crippen LogP contribution is 2.61. The zero-order valence-electron chi connectivity index (χ0n) is 5.59. The molecule has 0 bridgehead atoms. The van der Waals surface area contributed by atoms with Gasteiger partial charge < -0.3 is 0 Å². The average Bonchev–Trinajstić information content (AvgIpc) is 1.86. The van der Waals surface area contributed by atoms with Crippen LogP contribution >= 0.6 is 7.49 Å². The van der Waals surface area contributed by atoms with Gasteiger partial charge in [0.1, 0.15) is 7.49 Å². The molecule has 1 aliphatic heterocycles. The molecule has 1 nitrogen and oxygen atoms in total. The van der Waals surface area contributed by atoms with Crippen LogP contribution in [0.3, 0.4) is 0 Å². The van der Waals surface area contributed by atoms with Gasteiger partial charge in [0.25, 0.3) is 0 Å². The molecule has 1 aliphatic rings. The summed E-state index contributed by atoms with van der Waals surface area (Å²) >= 11 is 0. The molecule has 2 unspecified atom stereocenters. The number of hydrogen-bond acceptors (Lipinski definition) is 1. The topological polar surface area (TPSA) is 20.2 Å². The maximum absolute atomic E-state index is 9.57. The summed E-state index contributed by atoms with van der Waals surface area (Å²) in [6.45, 7) is 4.21. The van der Waals surface area contributed by atoms with Gasteiger partial charge >= 0.3 is 0 Å². The van der Waals surface area contributed by atoms with E-state index < -0.39 is 7.49 Å². The van der Waals surface area contributed by atoms with Crippen LogP contribution in [0.4, 0.5) is 0 Å². The zero-order valence-corrected chi connectivity index (χ0v) is 6.49. The molecule has 0 aromatic rings. The quantitative estimate of drug-likeness (QED) is 0.499. The Balaban J connectivity index is 2.54. The molecule has 0 amide bonds. The van der Waals surface area contributed by atoms with Crippen molar-refractivity contribution in [2.24, 2.45) is 0 Å². The molecule has 1 fully saturated rings. The van der Waals surface area contributed by atoms with Gasteiger partial charge in [0.2, 0.25) is 0 Å². The normalized spacial score (nSPS) is 47.6. The second kappa shape index (κ2) is 1.97. The molecule has 0 saturated carbocycles. The molecule has 2 heteroatoms. The van der Waals surface area contributed by atoms with Crippen molar-refractivity contribution in [2.45, 2.75) is 25.4 Å². The average molecular weight is 133 g/mol. The van der Waals surface area contributed by atoms with Crippen molar-refractivity contribution in [2.75, 3.05) is 12.8 Å². The predicted molar refractivity (Wildman–Crippen MR) is 38.6 cm³/mol. The van der Waals surface area contributed by atoms with Gasteiger partial charge in [0, 0.05) is 0 Å². The summed E-state index contributed by atoms with van der Waals surface area (Å²) in [5.41, 5.74) is 0.627. The first-order valence-electron chi connectivity index (χ1n) is 3.21. The smallest absolute Gasteiger partial charge is 0.141 e. The van der Waals surface area contributed by atoms with Crippen molar-refractivity contribution in [1.82, 2.24) is 0 Å². The fraction of sp³-hybridized carbons (Fsp3) is 1.00. The maximum Gasteiger partial charge on any atom is 0.141 e. The predicted octanol–water partition coefficient (Wildman–Crippen LogP) is 1.72. The van der Waals surface area contributed by atoms with Crippen molar-refractivity contribution in [1.29, 1.82) is 0 Å². The summed E-state index contributed by atoms with van der Waals surface area (Å²) < 4.78 is 0. The maximum atomic E-state index is 9.57. The SMILES string of the molecule is CC1CCC[P+]1(C)O. The van der Waals surface area contributed by atoms with E-state index in [1.165, 1.54) is 12.8 Å². The van der Waals surface area contributed by atoms with E-state index in [1.54, 1.807) is 0 Å². The molecule has 2 atom stereocenters. The lowest BCUT2D eigenvalue weighted by molar-refractivity contribution is 0.600. The van der Waals surface area contributed by atoms with Crippen molar-refractivity contribution in [3.8, 4) is 0 Å². The molecule has 1 rings (SSSR count). The Morgan fingerprint density at radius 2 is 2.25 bits per heavy atom. The molecule has 8 heavy (non-hydrogen) atoms. The van der Waals surface area contributed by atoms with E-state index >= 15 is 0 Å². The van der Waals surface area contributed by atoms with E-state index in [0.29, 0.717) is 5.66 Å². The van der Waals surface area contributed by atoms with E-state index in [4.69, 9.17) is 0 Å². The largest absolute Gasteiger partial charge is 0.252 e. The molecule has 1 saturated heterocycles. The van der Waals surface area contributed by atoms with Crippen LogP contribution in [0.2, 0.25) is 0 Å². The first-order chi connectivity index (χ1) is 3.63. The van der Waals surface area contributed by atoms with Gasteiger partial charge in [-0.2, -0.15) is 0 Å². The number of hydrogen-bond donors (Lipinski definition) is 1. The van der Waals surface area contributed by atoms with Gasteiger partial charge in [-0.05, 0) is 19.8 Å². The van der Waals surface area contributed by atoms with Crippen LogP contribution < -0.4 is 0 Å². The molecule has 0 radical (unpaired) electrons. The van der Waals surface area contributed by atoms with Crippen LogP contribution in [0.5, 0.6) is 0 Å². The van der Waals surface area contributed by atoms with Gasteiger partial charge in [-0.15, -0.1) is 0 Å². The minimum Gasteiger partial charge on any atom is -0.252 e. The van der Waals surface area contributed by atoms with Crippen molar-refractivity contribution in [3.05, 3.63) is 0 Å². The Morgan fingerprint density at radius 1 is 1.62 bits per heavy atom. The summed E-state index contributed by atoms with van der Waals surface area (Å²) in [5.74, 6) is 0. The Hall–Kier alpha value is 0.390. The second-order valence-electron chi connectivity index (χ2n) is 2.93. The Morgan fingerprint density at radius 3 is 2.38 bits per heavy atom. The Kier molecular flexibility index (Phi) is 1.60. The van der Waals surface area contributed by atoms with Crippen molar-refractivity contribution in [3.63, 3.8) is 0 Å². The molecule has 0 aromatic heterocycles. The van der Waals surface area contributed by atoms with Crippen LogP contribution in [0.15, 0.2) is 0 Å². The third-order valence-electron chi connectivity index (χ3n) is 2.18. The molecular formula is C6H14OP+. The molecule has 48 valence electrons. The summed E-state index contributed by atoms with van der Waals surface area (Å²) in [6.07, 6.45) is 3.61. The van der Waals surface area contributed by atoms with Gasteiger partial charge in [-0.3, -0.25) is 4.89 Å². The van der Waals surface area contributed by atoms with E-state index in [0.717, 1.165) is 6.16 Å². The summed E-state index contributed by atoms with van der Waals surface area (Å²) in [4.78, 5) is 9.57. The molecule has 1 N–H and O–H groups in total. The lowest BCUT2D eigenvalue weighted by Crippen LogP contribution is -2.00. The van der Waals surface area contributed by atoms with Crippen LogP contribution in [-0.4, -0.2) is 23.4 Å².